The summed E-state index contributed by atoms with van der Waals surface area (Å²) < 4.78 is 5.31. The number of nitrogens with one attached hydrogen (secondary N) is 1. The first-order chi connectivity index (χ1) is 10.1. The third-order valence-corrected chi connectivity index (χ3v) is 3.96. The third-order valence-electron chi connectivity index (χ3n) is 3.96. The van der Waals surface area contributed by atoms with Crippen molar-refractivity contribution in [1.82, 2.24) is 0 Å². The van der Waals surface area contributed by atoms with Crippen molar-refractivity contribution in [3.05, 3.63) is 29.8 Å². The van der Waals surface area contributed by atoms with Crippen LogP contribution in [0.25, 0.3) is 0 Å². The second kappa shape index (κ2) is 7.22. The monoisotopic (exact) mass is 291 g/mol. The van der Waals surface area contributed by atoms with Gasteiger partial charge >= 0.3 is 5.97 Å². The minimum absolute atomic E-state index is 0.00724. The first kappa shape index (κ1) is 15.5. The van der Waals surface area contributed by atoms with Gasteiger partial charge in [-0.3, -0.25) is 9.59 Å². The van der Waals surface area contributed by atoms with Gasteiger partial charge in [-0.05, 0) is 36.5 Å². The zero-order valence-corrected chi connectivity index (χ0v) is 12.2. The number of anilines is 1. The third kappa shape index (κ3) is 4.56. The van der Waals surface area contributed by atoms with Gasteiger partial charge in [-0.2, -0.15) is 0 Å². The minimum atomic E-state index is -0.861. The molecule has 5 nitrogen and oxygen atoms in total. The largest absolute Gasteiger partial charge is 0.481 e. The molecule has 5 heteroatoms. The van der Waals surface area contributed by atoms with Gasteiger partial charge in [0.1, 0.15) is 0 Å². The first-order valence-electron chi connectivity index (χ1n) is 7.25. The van der Waals surface area contributed by atoms with Crippen molar-refractivity contribution in [1.29, 1.82) is 0 Å². The lowest BCUT2D eigenvalue weighted by atomic mass is 9.87. The first-order valence-corrected chi connectivity index (χ1v) is 7.25. The Balaban J connectivity index is 1.90. The maximum atomic E-state index is 12.2. The Bertz CT molecular complexity index is 492. The highest BCUT2D eigenvalue weighted by molar-refractivity contribution is 5.92. The van der Waals surface area contributed by atoms with Crippen LogP contribution in [0, 0.1) is 11.8 Å². The molecule has 1 atom stereocenters. The highest BCUT2D eigenvalue weighted by atomic mass is 16.5. The number of rotatable bonds is 5. The Kier molecular flexibility index (Phi) is 5.33. The average molecular weight is 291 g/mol. The lowest BCUT2D eigenvalue weighted by Crippen LogP contribution is -2.30. The molecule has 0 spiro atoms. The topological polar surface area (TPSA) is 75.6 Å². The lowest BCUT2D eigenvalue weighted by molar-refractivity contribution is -0.136. The van der Waals surface area contributed by atoms with Crippen molar-refractivity contribution in [3.8, 4) is 0 Å². The van der Waals surface area contributed by atoms with Crippen LogP contribution in [-0.2, 0) is 20.7 Å². The number of ether oxygens (including phenoxy) is 1. The van der Waals surface area contributed by atoms with Crippen molar-refractivity contribution in [2.45, 2.75) is 26.2 Å². The van der Waals surface area contributed by atoms with Crippen LogP contribution >= 0.6 is 0 Å². The van der Waals surface area contributed by atoms with E-state index in [4.69, 9.17) is 9.84 Å². The lowest BCUT2D eigenvalue weighted by Gasteiger charge is -2.26. The second-order valence-corrected chi connectivity index (χ2v) is 5.50. The van der Waals surface area contributed by atoms with Crippen LogP contribution in [0.5, 0.6) is 0 Å². The summed E-state index contributed by atoms with van der Waals surface area (Å²) in [6.45, 7) is 3.41. The number of aliphatic carboxylic acids is 1. The quantitative estimate of drug-likeness (QED) is 0.873. The molecule has 0 radical (unpaired) electrons. The number of carboxylic acids is 1. The van der Waals surface area contributed by atoms with E-state index in [1.54, 1.807) is 24.3 Å². The molecule has 1 aromatic rings. The molecule has 1 amide bonds. The van der Waals surface area contributed by atoms with Gasteiger partial charge in [0.15, 0.2) is 0 Å². The van der Waals surface area contributed by atoms with Crippen LogP contribution < -0.4 is 5.32 Å². The number of carbonyl (C=O) groups excluding carboxylic acids is 1. The number of amides is 1. The second-order valence-electron chi connectivity index (χ2n) is 5.50. The van der Waals surface area contributed by atoms with Crippen molar-refractivity contribution >= 4 is 17.6 Å². The molecule has 114 valence electrons. The van der Waals surface area contributed by atoms with Gasteiger partial charge in [-0.15, -0.1) is 0 Å². The van der Waals surface area contributed by atoms with Crippen LogP contribution in [0.1, 0.15) is 25.3 Å². The molecule has 0 aliphatic carbocycles. The Labute approximate surface area is 124 Å². The molecule has 1 aliphatic heterocycles. The molecule has 1 fully saturated rings. The minimum Gasteiger partial charge on any atom is -0.481 e. The van der Waals surface area contributed by atoms with E-state index in [1.807, 2.05) is 6.92 Å². The SMILES string of the molecule is CC(C(=O)Nc1ccc(CC(=O)O)cc1)C1CCOCC1. The van der Waals surface area contributed by atoms with Gasteiger partial charge in [0, 0.05) is 24.8 Å². The van der Waals surface area contributed by atoms with Gasteiger partial charge in [-0.1, -0.05) is 19.1 Å². The molecule has 2 N–H and O–H groups in total. The summed E-state index contributed by atoms with van der Waals surface area (Å²) in [5.74, 6) is -0.537. The smallest absolute Gasteiger partial charge is 0.307 e. The maximum Gasteiger partial charge on any atom is 0.307 e. The standard InChI is InChI=1S/C16H21NO4/c1-11(13-6-8-21-9-7-13)16(20)17-14-4-2-12(3-5-14)10-15(18)19/h2-5,11,13H,6-10H2,1H3,(H,17,20)(H,18,19). The molecule has 2 rings (SSSR count). The van der Waals surface area contributed by atoms with Crippen molar-refractivity contribution < 1.29 is 19.4 Å². The molecular weight excluding hydrogens is 270 g/mol. The summed E-state index contributed by atoms with van der Waals surface area (Å²) in [6.07, 6.45) is 1.84. The highest BCUT2D eigenvalue weighted by Gasteiger charge is 2.25. The zero-order valence-electron chi connectivity index (χ0n) is 12.2. The Morgan fingerprint density at radius 1 is 1.29 bits per heavy atom. The van der Waals surface area contributed by atoms with E-state index >= 15 is 0 Å². The Morgan fingerprint density at radius 2 is 1.90 bits per heavy atom. The number of carbonyl (C=O) groups is 2. The number of carboxylic acid groups (broad SMARTS) is 1. The maximum absolute atomic E-state index is 12.2. The van der Waals surface area contributed by atoms with Crippen LogP contribution in [0.2, 0.25) is 0 Å². The Hall–Kier alpha value is -1.88. The van der Waals surface area contributed by atoms with Crippen molar-refractivity contribution in [2.75, 3.05) is 18.5 Å². The van der Waals surface area contributed by atoms with Crippen LogP contribution in [0.15, 0.2) is 24.3 Å². The predicted molar refractivity (Wildman–Crippen MR) is 79.1 cm³/mol. The summed E-state index contributed by atoms with van der Waals surface area (Å²) in [5.41, 5.74) is 1.42. The molecule has 0 bridgehead atoms. The van der Waals surface area contributed by atoms with E-state index < -0.39 is 5.97 Å². The molecule has 0 saturated carbocycles. The summed E-state index contributed by atoms with van der Waals surface area (Å²) in [7, 11) is 0. The number of hydrogen-bond acceptors (Lipinski definition) is 3. The van der Waals surface area contributed by atoms with E-state index in [9.17, 15) is 9.59 Å². The van der Waals surface area contributed by atoms with Gasteiger partial charge < -0.3 is 15.2 Å². The molecule has 0 aromatic heterocycles. The molecule has 1 saturated heterocycles. The normalized spacial score (nSPS) is 17.2. The fourth-order valence-corrected chi connectivity index (χ4v) is 2.57. The molecular formula is C16H21NO4. The van der Waals surface area contributed by atoms with E-state index in [2.05, 4.69) is 5.32 Å². The van der Waals surface area contributed by atoms with Crippen LogP contribution in [0.4, 0.5) is 5.69 Å². The number of benzene rings is 1. The molecule has 1 aromatic carbocycles. The van der Waals surface area contributed by atoms with E-state index in [-0.39, 0.29) is 18.2 Å². The van der Waals surface area contributed by atoms with Crippen LogP contribution in [-0.4, -0.2) is 30.2 Å². The summed E-state index contributed by atoms with van der Waals surface area (Å²) in [6, 6.07) is 6.94. The van der Waals surface area contributed by atoms with E-state index in [0.29, 0.717) is 11.6 Å². The van der Waals surface area contributed by atoms with Crippen molar-refractivity contribution in [2.24, 2.45) is 11.8 Å². The Morgan fingerprint density at radius 3 is 2.48 bits per heavy atom. The predicted octanol–water partition coefficient (Wildman–Crippen LogP) is 2.31. The fourth-order valence-electron chi connectivity index (χ4n) is 2.57. The van der Waals surface area contributed by atoms with Gasteiger partial charge in [0.05, 0.1) is 6.42 Å². The molecule has 21 heavy (non-hydrogen) atoms. The van der Waals surface area contributed by atoms with Crippen molar-refractivity contribution in [3.63, 3.8) is 0 Å². The summed E-state index contributed by atoms with van der Waals surface area (Å²) in [4.78, 5) is 22.8. The molecule has 1 unspecified atom stereocenters. The zero-order chi connectivity index (χ0) is 15.2. The number of hydrogen-bond donors (Lipinski definition) is 2. The molecule has 1 heterocycles. The van der Waals surface area contributed by atoms with Crippen LogP contribution in [0.3, 0.4) is 0 Å². The summed E-state index contributed by atoms with van der Waals surface area (Å²) >= 11 is 0. The highest BCUT2D eigenvalue weighted by Crippen LogP contribution is 2.24. The van der Waals surface area contributed by atoms with E-state index in [1.165, 1.54) is 0 Å². The fraction of sp³-hybridized carbons (Fsp3) is 0.500. The van der Waals surface area contributed by atoms with E-state index in [0.717, 1.165) is 31.6 Å². The summed E-state index contributed by atoms with van der Waals surface area (Å²) in [5, 5.41) is 11.6. The van der Waals surface area contributed by atoms with Gasteiger partial charge in [0.2, 0.25) is 5.91 Å². The van der Waals surface area contributed by atoms with Gasteiger partial charge in [-0.25, -0.2) is 0 Å². The average Bonchev–Trinajstić information content (AvgIpc) is 2.49. The van der Waals surface area contributed by atoms with Gasteiger partial charge in [0.25, 0.3) is 0 Å². The molecule has 1 aliphatic rings.